The van der Waals surface area contributed by atoms with Gasteiger partial charge in [0.15, 0.2) is 0 Å². The van der Waals surface area contributed by atoms with E-state index >= 15 is 0 Å². The van der Waals surface area contributed by atoms with Crippen LogP contribution >= 0.6 is 15.9 Å². The van der Waals surface area contributed by atoms with Crippen LogP contribution in [0.2, 0.25) is 0 Å². The summed E-state index contributed by atoms with van der Waals surface area (Å²) >= 11 is 3.60. The molecule has 0 amide bonds. The second-order valence-electron chi connectivity index (χ2n) is 5.88. The zero-order chi connectivity index (χ0) is 13.2. The average molecular weight is 306 g/mol. The van der Waals surface area contributed by atoms with E-state index in [2.05, 4.69) is 78.4 Å². The Bertz CT molecular complexity index is 540. The molecule has 0 radical (unpaired) electrons. The largest absolute Gasteiger partial charge is 0.385 e. The molecule has 0 aliphatic carbocycles. The Morgan fingerprint density at radius 2 is 1.67 bits per heavy atom. The van der Waals surface area contributed by atoms with Crippen LogP contribution in [0.25, 0.3) is 10.8 Å². The number of benzene rings is 2. The molecule has 0 aliphatic rings. The Labute approximate surface area is 118 Å². The van der Waals surface area contributed by atoms with Gasteiger partial charge in [-0.2, -0.15) is 0 Å². The first-order valence-electron chi connectivity index (χ1n) is 6.38. The fraction of sp³-hybridized carbons (Fsp3) is 0.375. The van der Waals surface area contributed by atoms with Gasteiger partial charge in [0.1, 0.15) is 0 Å². The SMILES string of the molecule is CC(C)(C)CCNc1ccc(Br)c2ccccc12. The van der Waals surface area contributed by atoms with Crippen molar-refractivity contribution in [2.75, 3.05) is 11.9 Å². The van der Waals surface area contributed by atoms with Gasteiger partial charge in [0.05, 0.1) is 0 Å². The molecule has 0 aliphatic heterocycles. The van der Waals surface area contributed by atoms with Crippen LogP contribution in [0.5, 0.6) is 0 Å². The van der Waals surface area contributed by atoms with Gasteiger partial charge < -0.3 is 5.32 Å². The first-order valence-corrected chi connectivity index (χ1v) is 7.18. The Balaban J connectivity index is 2.21. The Hall–Kier alpha value is -1.02. The van der Waals surface area contributed by atoms with Gasteiger partial charge in [0, 0.05) is 22.1 Å². The minimum absolute atomic E-state index is 0.373. The highest BCUT2D eigenvalue weighted by molar-refractivity contribution is 9.10. The average Bonchev–Trinajstić information content (AvgIpc) is 2.31. The maximum absolute atomic E-state index is 3.60. The summed E-state index contributed by atoms with van der Waals surface area (Å²) in [6.07, 6.45) is 1.16. The van der Waals surface area contributed by atoms with Gasteiger partial charge in [0.25, 0.3) is 0 Å². The molecule has 0 atom stereocenters. The molecule has 2 heteroatoms. The summed E-state index contributed by atoms with van der Waals surface area (Å²) in [6.45, 7) is 7.83. The molecule has 2 aromatic carbocycles. The third-order valence-electron chi connectivity index (χ3n) is 3.06. The highest BCUT2D eigenvalue weighted by atomic mass is 79.9. The zero-order valence-corrected chi connectivity index (χ0v) is 12.8. The molecule has 0 unspecified atom stereocenters. The van der Waals surface area contributed by atoms with E-state index in [1.807, 2.05) is 0 Å². The van der Waals surface area contributed by atoms with Crippen molar-refractivity contribution in [1.29, 1.82) is 0 Å². The maximum Gasteiger partial charge on any atom is 0.0420 e. The van der Waals surface area contributed by atoms with E-state index in [0.29, 0.717) is 5.41 Å². The standard InChI is InChI=1S/C16H20BrN/c1-16(2,3)10-11-18-15-9-8-14(17)12-6-4-5-7-13(12)15/h4-9,18H,10-11H2,1-3H3. The fourth-order valence-corrected chi connectivity index (χ4v) is 2.47. The topological polar surface area (TPSA) is 12.0 Å². The molecule has 0 saturated heterocycles. The molecular formula is C16H20BrN. The van der Waals surface area contributed by atoms with Crippen molar-refractivity contribution < 1.29 is 0 Å². The predicted octanol–water partition coefficient (Wildman–Crippen LogP) is 5.45. The van der Waals surface area contributed by atoms with E-state index in [0.717, 1.165) is 17.4 Å². The van der Waals surface area contributed by atoms with Gasteiger partial charge in [-0.05, 0) is 29.4 Å². The van der Waals surface area contributed by atoms with Crippen molar-refractivity contribution in [2.24, 2.45) is 5.41 Å². The van der Waals surface area contributed by atoms with E-state index < -0.39 is 0 Å². The van der Waals surface area contributed by atoms with Crippen LogP contribution in [-0.2, 0) is 0 Å². The van der Waals surface area contributed by atoms with Crippen LogP contribution in [0, 0.1) is 5.41 Å². The number of fused-ring (bicyclic) bond motifs is 1. The molecule has 0 bridgehead atoms. The van der Waals surface area contributed by atoms with Crippen LogP contribution in [0.1, 0.15) is 27.2 Å². The van der Waals surface area contributed by atoms with Crippen LogP contribution in [0.3, 0.4) is 0 Å². The zero-order valence-electron chi connectivity index (χ0n) is 11.3. The van der Waals surface area contributed by atoms with Crippen molar-refractivity contribution in [3.05, 3.63) is 40.9 Å². The minimum atomic E-state index is 0.373. The van der Waals surface area contributed by atoms with Crippen molar-refractivity contribution in [3.63, 3.8) is 0 Å². The fourth-order valence-electron chi connectivity index (χ4n) is 1.99. The second-order valence-corrected chi connectivity index (χ2v) is 6.73. The van der Waals surface area contributed by atoms with Crippen molar-refractivity contribution in [1.82, 2.24) is 0 Å². The minimum Gasteiger partial charge on any atom is -0.385 e. The third kappa shape index (κ3) is 3.26. The van der Waals surface area contributed by atoms with Gasteiger partial charge in [-0.25, -0.2) is 0 Å². The number of hydrogen-bond acceptors (Lipinski definition) is 1. The second kappa shape index (κ2) is 5.31. The summed E-state index contributed by atoms with van der Waals surface area (Å²) < 4.78 is 1.15. The number of halogens is 1. The quantitative estimate of drug-likeness (QED) is 0.795. The lowest BCUT2D eigenvalue weighted by Crippen LogP contribution is -2.12. The van der Waals surface area contributed by atoms with Gasteiger partial charge >= 0.3 is 0 Å². The molecular weight excluding hydrogens is 286 g/mol. The summed E-state index contributed by atoms with van der Waals surface area (Å²) in [7, 11) is 0. The maximum atomic E-state index is 3.60. The highest BCUT2D eigenvalue weighted by Crippen LogP contribution is 2.30. The summed E-state index contributed by atoms with van der Waals surface area (Å²) in [4.78, 5) is 0. The molecule has 1 N–H and O–H groups in total. The van der Waals surface area contributed by atoms with Crippen LogP contribution in [-0.4, -0.2) is 6.54 Å². The van der Waals surface area contributed by atoms with E-state index in [4.69, 9.17) is 0 Å². The van der Waals surface area contributed by atoms with Gasteiger partial charge in [0.2, 0.25) is 0 Å². The number of rotatable bonds is 3. The Morgan fingerprint density at radius 3 is 2.33 bits per heavy atom. The van der Waals surface area contributed by atoms with E-state index in [1.54, 1.807) is 0 Å². The lowest BCUT2D eigenvalue weighted by Gasteiger charge is -2.19. The number of anilines is 1. The molecule has 96 valence electrons. The molecule has 0 aromatic heterocycles. The van der Waals surface area contributed by atoms with E-state index in [9.17, 15) is 0 Å². The summed E-state index contributed by atoms with van der Waals surface area (Å²) in [5.41, 5.74) is 1.59. The summed E-state index contributed by atoms with van der Waals surface area (Å²) in [5.74, 6) is 0. The molecule has 18 heavy (non-hydrogen) atoms. The van der Waals surface area contributed by atoms with Gasteiger partial charge in [-0.3, -0.25) is 0 Å². The Morgan fingerprint density at radius 1 is 1.00 bits per heavy atom. The van der Waals surface area contributed by atoms with Crippen molar-refractivity contribution >= 4 is 32.4 Å². The number of nitrogens with one attached hydrogen (secondary N) is 1. The lowest BCUT2D eigenvalue weighted by molar-refractivity contribution is 0.390. The van der Waals surface area contributed by atoms with Crippen molar-refractivity contribution in [3.8, 4) is 0 Å². The molecule has 0 heterocycles. The van der Waals surface area contributed by atoms with Crippen LogP contribution in [0.15, 0.2) is 40.9 Å². The molecule has 2 rings (SSSR count). The Kier molecular flexibility index (Phi) is 3.96. The van der Waals surface area contributed by atoms with Crippen molar-refractivity contribution in [2.45, 2.75) is 27.2 Å². The molecule has 2 aromatic rings. The van der Waals surface area contributed by atoms with E-state index in [-0.39, 0.29) is 0 Å². The van der Waals surface area contributed by atoms with Gasteiger partial charge in [-0.1, -0.05) is 61.0 Å². The lowest BCUT2D eigenvalue weighted by atomic mass is 9.92. The van der Waals surface area contributed by atoms with Crippen LogP contribution < -0.4 is 5.32 Å². The summed E-state index contributed by atoms with van der Waals surface area (Å²) in [6, 6.07) is 12.7. The smallest absolute Gasteiger partial charge is 0.0420 e. The molecule has 0 fully saturated rings. The molecule has 0 spiro atoms. The van der Waals surface area contributed by atoms with Crippen LogP contribution in [0.4, 0.5) is 5.69 Å². The summed E-state index contributed by atoms with van der Waals surface area (Å²) in [5, 5.41) is 6.09. The third-order valence-corrected chi connectivity index (χ3v) is 3.75. The number of hydrogen-bond donors (Lipinski definition) is 1. The molecule has 0 saturated carbocycles. The first-order chi connectivity index (χ1) is 8.47. The highest BCUT2D eigenvalue weighted by Gasteiger charge is 2.10. The predicted molar refractivity (Wildman–Crippen MR) is 84.2 cm³/mol. The van der Waals surface area contributed by atoms with Gasteiger partial charge in [-0.15, -0.1) is 0 Å². The monoisotopic (exact) mass is 305 g/mol. The molecule has 1 nitrogen and oxygen atoms in total. The van der Waals surface area contributed by atoms with E-state index in [1.165, 1.54) is 16.5 Å². The first kappa shape index (κ1) is 13.4. The normalized spacial score (nSPS) is 11.8.